The lowest BCUT2D eigenvalue weighted by Gasteiger charge is -2.06. The molecule has 0 aromatic heterocycles. The van der Waals surface area contributed by atoms with Crippen LogP contribution in [0, 0.1) is 6.92 Å². The zero-order chi connectivity index (χ0) is 13.0. The van der Waals surface area contributed by atoms with E-state index in [1.165, 1.54) is 10.5 Å². The summed E-state index contributed by atoms with van der Waals surface area (Å²) in [5.41, 5.74) is 9.10. The molecule has 0 atom stereocenters. The second kappa shape index (κ2) is 6.28. The third kappa shape index (κ3) is 3.52. The number of rotatable bonds is 4. The minimum absolute atomic E-state index is 0.533. The van der Waals surface area contributed by atoms with Crippen LogP contribution in [0.1, 0.15) is 16.7 Å². The van der Waals surface area contributed by atoms with Crippen LogP contribution in [0.5, 0.6) is 0 Å². The quantitative estimate of drug-likeness (QED) is 0.839. The van der Waals surface area contributed by atoms with Crippen molar-refractivity contribution in [2.45, 2.75) is 24.1 Å². The van der Waals surface area contributed by atoms with E-state index in [0.29, 0.717) is 6.54 Å². The largest absolute Gasteiger partial charge is 0.326 e. The molecule has 0 bridgehead atoms. The first-order valence-corrected chi connectivity index (χ1v) is 7.22. The van der Waals surface area contributed by atoms with Gasteiger partial charge >= 0.3 is 0 Å². The average molecular weight is 278 g/mol. The molecule has 18 heavy (non-hydrogen) atoms. The Hall–Kier alpha value is -0.960. The van der Waals surface area contributed by atoms with Crippen LogP contribution in [0.4, 0.5) is 0 Å². The van der Waals surface area contributed by atoms with E-state index in [0.717, 1.165) is 21.9 Å². The fourth-order valence-corrected chi connectivity index (χ4v) is 3.07. The molecule has 0 radical (unpaired) electrons. The molecule has 94 valence electrons. The van der Waals surface area contributed by atoms with Gasteiger partial charge in [-0.2, -0.15) is 0 Å². The molecule has 0 amide bonds. The summed E-state index contributed by atoms with van der Waals surface area (Å²) in [7, 11) is 0. The van der Waals surface area contributed by atoms with Gasteiger partial charge in [0.15, 0.2) is 0 Å². The molecule has 0 heterocycles. The third-order valence-electron chi connectivity index (χ3n) is 2.74. The van der Waals surface area contributed by atoms with E-state index >= 15 is 0 Å². The highest BCUT2D eigenvalue weighted by molar-refractivity contribution is 7.98. The van der Waals surface area contributed by atoms with Crippen molar-refractivity contribution >= 4 is 23.4 Å². The molecule has 2 aromatic rings. The van der Waals surface area contributed by atoms with Crippen LogP contribution in [-0.4, -0.2) is 0 Å². The van der Waals surface area contributed by atoms with Crippen LogP contribution in [0.25, 0.3) is 0 Å². The van der Waals surface area contributed by atoms with Crippen molar-refractivity contribution in [2.75, 3.05) is 0 Å². The predicted octanol–water partition coefficient (Wildman–Crippen LogP) is 4.40. The zero-order valence-electron chi connectivity index (χ0n) is 10.3. The van der Waals surface area contributed by atoms with Crippen LogP contribution in [0.2, 0.25) is 5.02 Å². The van der Waals surface area contributed by atoms with Crippen molar-refractivity contribution in [3.05, 3.63) is 64.2 Å². The maximum Gasteiger partial charge on any atom is 0.0449 e. The Balaban J connectivity index is 2.06. The molecular formula is C15H16ClNS. The van der Waals surface area contributed by atoms with Crippen molar-refractivity contribution in [2.24, 2.45) is 5.73 Å². The fraction of sp³-hybridized carbons (Fsp3) is 0.200. The zero-order valence-corrected chi connectivity index (χ0v) is 11.9. The van der Waals surface area contributed by atoms with Crippen molar-refractivity contribution in [3.63, 3.8) is 0 Å². The highest BCUT2D eigenvalue weighted by Gasteiger charge is 2.03. The van der Waals surface area contributed by atoms with Gasteiger partial charge in [-0.3, -0.25) is 0 Å². The molecule has 0 unspecified atom stereocenters. The fourth-order valence-electron chi connectivity index (χ4n) is 1.70. The van der Waals surface area contributed by atoms with Crippen LogP contribution in [-0.2, 0) is 12.3 Å². The number of thioether (sulfide) groups is 1. The van der Waals surface area contributed by atoms with Gasteiger partial charge in [-0.15, -0.1) is 11.8 Å². The Labute approximate surface area is 117 Å². The van der Waals surface area contributed by atoms with E-state index in [-0.39, 0.29) is 0 Å². The Morgan fingerprint density at radius 2 is 2.00 bits per heavy atom. The molecule has 2 N–H and O–H groups in total. The Morgan fingerprint density at radius 1 is 1.17 bits per heavy atom. The van der Waals surface area contributed by atoms with Crippen molar-refractivity contribution in [3.8, 4) is 0 Å². The van der Waals surface area contributed by atoms with Gasteiger partial charge in [0, 0.05) is 22.2 Å². The maximum absolute atomic E-state index is 6.24. The summed E-state index contributed by atoms with van der Waals surface area (Å²) < 4.78 is 0. The van der Waals surface area contributed by atoms with Crippen molar-refractivity contribution < 1.29 is 0 Å². The molecule has 2 aromatic carbocycles. The highest BCUT2D eigenvalue weighted by Crippen LogP contribution is 2.27. The lowest BCUT2D eigenvalue weighted by molar-refractivity contribution is 1.07. The van der Waals surface area contributed by atoms with Gasteiger partial charge in [-0.1, -0.05) is 41.4 Å². The monoisotopic (exact) mass is 277 g/mol. The second-order valence-corrected chi connectivity index (χ2v) is 5.69. The van der Waals surface area contributed by atoms with Gasteiger partial charge in [0.1, 0.15) is 0 Å². The standard InChI is InChI=1S/C15H16ClNS/c1-11-3-2-4-14(7-11)18-10-13-6-5-12(9-17)8-15(13)16/h2-8H,9-10,17H2,1H3. The average Bonchev–Trinajstić information content (AvgIpc) is 2.37. The number of benzene rings is 2. The normalized spacial score (nSPS) is 10.6. The maximum atomic E-state index is 6.24. The number of aryl methyl sites for hydroxylation is 1. The molecule has 0 saturated carbocycles. The number of halogens is 1. The smallest absolute Gasteiger partial charge is 0.0449 e. The van der Waals surface area contributed by atoms with Crippen LogP contribution >= 0.6 is 23.4 Å². The molecule has 0 fully saturated rings. The van der Waals surface area contributed by atoms with Crippen LogP contribution in [0.15, 0.2) is 47.4 Å². The van der Waals surface area contributed by atoms with Gasteiger partial charge in [0.05, 0.1) is 0 Å². The minimum atomic E-state index is 0.533. The summed E-state index contributed by atoms with van der Waals surface area (Å²) in [6.45, 7) is 2.64. The first kappa shape index (κ1) is 13.5. The molecule has 0 spiro atoms. The summed E-state index contributed by atoms with van der Waals surface area (Å²) >= 11 is 8.04. The first-order chi connectivity index (χ1) is 8.69. The number of hydrogen-bond donors (Lipinski definition) is 1. The van der Waals surface area contributed by atoms with E-state index in [4.69, 9.17) is 17.3 Å². The van der Waals surface area contributed by atoms with Crippen LogP contribution < -0.4 is 5.73 Å². The first-order valence-electron chi connectivity index (χ1n) is 5.86. The van der Waals surface area contributed by atoms with Gasteiger partial charge in [-0.25, -0.2) is 0 Å². The summed E-state index contributed by atoms with van der Waals surface area (Å²) in [5.74, 6) is 0.882. The van der Waals surface area contributed by atoms with Crippen LogP contribution in [0.3, 0.4) is 0 Å². The van der Waals surface area contributed by atoms with Gasteiger partial charge in [0.25, 0.3) is 0 Å². The van der Waals surface area contributed by atoms with Gasteiger partial charge in [-0.05, 0) is 36.2 Å². The molecule has 0 aliphatic heterocycles. The van der Waals surface area contributed by atoms with E-state index in [2.05, 4.69) is 37.3 Å². The van der Waals surface area contributed by atoms with E-state index in [1.807, 2.05) is 12.1 Å². The molecule has 3 heteroatoms. The van der Waals surface area contributed by atoms with E-state index in [9.17, 15) is 0 Å². The summed E-state index contributed by atoms with van der Waals surface area (Å²) in [6.07, 6.45) is 0. The molecule has 0 aliphatic carbocycles. The van der Waals surface area contributed by atoms with E-state index < -0.39 is 0 Å². The van der Waals surface area contributed by atoms with Gasteiger partial charge < -0.3 is 5.73 Å². The highest BCUT2D eigenvalue weighted by atomic mass is 35.5. The summed E-state index contributed by atoms with van der Waals surface area (Å²) in [5, 5.41) is 0.804. The number of hydrogen-bond acceptors (Lipinski definition) is 2. The molecule has 0 saturated heterocycles. The predicted molar refractivity (Wildman–Crippen MR) is 80.1 cm³/mol. The van der Waals surface area contributed by atoms with Crippen molar-refractivity contribution in [1.82, 2.24) is 0 Å². The molecule has 1 nitrogen and oxygen atoms in total. The van der Waals surface area contributed by atoms with Crippen molar-refractivity contribution in [1.29, 1.82) is 0 Å². The number of nitrogens with two attached hydrogens (primary N) is 1. The van der Waals surface area contributed by atoms with Gasteiger partial charge in [0.2, 0.25) is 0 Å². The Kier molecular flexibility index (Phi) is 4.70. The molecule has 2 rings (SSSR count). The topological polar surface area (TPSA) is 26.0 Å². The lowest BCUT2D eigenvalue weighted by atomic mass is 10.1. The third-order valence-corrected chi connectivity index (χ3v) is 4.13. The summed E-state index contributed by atoms with van der Waals surface area (Å²) in [4.78, 5) is 1.27. The van der Waals surface area contributed by atoms with E-state index in [1.54, 1.807) is 11.8 Å². The minimum Gasteiger partial charge on any atom is -0.326 e. The second-order valence-electron chi connectivity index (χ2n) is 4.24. The molecule has 0 aliphatic rings. The summed E-state index contributed by atoms with van der Waals surface area (Å²) in [6, 6.07) is 14.6. The lowest BCUT2D eigenvalue weighted by Crippen LogP contribution is -1.96. The Morgan fingerprint density at radius 3 is 2.67 bits per heavy atom. The molecular weight excluding hydrogens is 262 g/mol. The Bertz CT molecular complexity index is 540. The SMILES string of the molecule is Cc1cccc(SCc2ccc(CN)cc2Cl)c1.